The predicted octanol–water partition coefficient (Wildman–Crippen LogP) is 1.54. The van der Waals surface area contributed by atoms with Gasteiger partial charge in [0.15, 0.2) is 0 Å². The lowest BCUT2D eigenvalue weighted by Gasteiger charge is -2.12. The van der Waals surface area contributed by atoms with Gasteiger partial charge in [0.05, 0.1) is 25.9 Å². The van der Waals surface area contributed by atoms with E-state index in [1.807, 2.05) is 24.3 Å². The van der Waals surface area contributed by atoms with E-state index in [1.54, 1.807) is 7.11 Å². The summed E-state index contributed by atoms with van der Waals surface area (Å²) in [4.78, 5) is 12.0. The molecule has 0 spiro atoms. The Morgan fingerprint density at radius 2 is 2.35 bits per heavy atom. The van der Waals surface area contributed by atoms with Gasteiger partial charge in [-0.2, -0.15) is 0 Å². The van der Waals surface area contributed by atoms with Crippen molar-refractivity contribution < 1.29 is 14.3 Å². The highest BCUT2D eigenvalue weighted by Crippen LogP contribution is 2.14. The van der Waals surface area contributed by atoms with Crippen molar-refractivity contribution in [2.45, 2.75) is 25.5 Å². The van der Waals surface area contributed by atoms with E-state index in [9.17, 15) is 4.79 Å². The molecule has 20 heavy (non-hydrogen) atoms. The van der Waals surface area contributed by atoms with Crippen LogP contribution in [0.1, 0.15) is 18.4 Å². The lowest BCUT2D eigenvalue weighted by Crippen LogP contribution is -2.35. The zero-order valence-electron chi connectivity index (χ0n) is 11.9. The van der Waals surface area contributed by atoms with Gasteiger partial charge in [-0.25, -0.2) is 0 Å². The van der Waals surface area contributed by atoms with Crippen molar-refractivity contribution in [1.82, 2.24) is 5.32 Å². The van der Waals surface area contributed by atoms with Gasteiger partial charge in [-0.1, -0.05) is 12.1 Å². The molecule has 1 fully saturated rings. The van der Waals surface area contributed by atoms with Crippen LogP contribution in [0.5, 0.6) is 0 Å². The van der Waals surface area contributed by atoms with Gasteiger partial charge in [0, 0.05) is 12.8 Å². The van der Waals surface area contributed by atoms with Gasteiger partial charge in [0.2, 0.25) is 5.91 Å². The molecular formula is C15H22N2O3. The number of hydrogen-bond donors (Lipinski definition) is 2. The number of anilines is 1. The van der Waals surface area contributed by atoms with Crippen LogP contribution in [0.4, 0.5) is 5.69 Å². The summed E-state index contributed by atoms with van der Waals surface area (Å²) in [5, 5.41) is 6.13. The Labute approximate surface area is 119 Å². The van der Waals surface area contributed by atoms with Crippen LogP contribution in [-0.4, -0.2) is 38.8 Å². The molecule has 1 aromatic rings. The minimum absolute atomic E-state index is 0.0416. The molecule has 0 radical (unpaired) electrons. The molecule has 1 saturated heterocycles. The maximum atomic E-state index is 12.0. The first-order valence-corrected chi connectivity index (χ1v) is 6.99. The van der Waals surface area contributed by atoms with Gasteiger partial charge in [-0.05, 0) is 37.1 Å². The number of carbonyl (C=O) groups is 1. The summed E-state index contributed by atoms with van der Waals surface area (Å²) in [6.45, 7) is 2.60. The fourth-order valence-electron chi connectivity index (χ4n) is 2.21. The third kappa shape index (κ3) is 4.59. The first kappa shape index (κ1) is 15.0. The molecule has 2 rings (SSSR count). The molecule has 1 aromatic carbocycles. The quantitative estimate of drug-likeness (QED) is 0.743. The predicted molar refractivity (Wildman–Crippen MR) is 77.6 cm³/mol. The van der Waals surface area contributed by atoms with E-state index in [4.69, 9.17) is 9.47 Å². The smallest absolute Gasteiger partial charge is 0.241 e. The number of nitrogens with one attached hydrogen (secondary N) is 2. The molecule has 5 heteroatoms. The molecule has 0 aromatic heterocycles. The number of rotatable bonds is 7. The zero-order chi connectivity index (χ0) is 14.2. The van der Waals surface area contributed by atoms with Crippen molar-refractivity contribution in [2.24, 2.45) is 0 Å². The number of amides is 1. The first-order valence-electron chi connectivity index (χ1n) is 6.99. The molecule has 0 unspecified atom stereocenters. The molecule has 1 aliphatic heterocycles. The van der Waals surface area contributed by atoms with Crippen LogP contribution in [0.15, 0.2) is 24.3 Å². The van der Waals surface area contributed by atoms with E-state index in [2.05, 4.69) is 10.6 Å². The second-order valence-corrected chi connectivity index (χ2v) is 4.88. The van der Waals surface area contributed by atoms with Crippen LogP contribution in [0.25, 0.3) is 0 Å². The van der Waals surface area contributed by atoms with E-state index < -0.39 is 0 Å². The van der Waals surface area contributed by atoms with Gasteiger partial charge < -0.3 is 20.1 Å². The first-order chi connectivity index (χ1) is 9.79. The Kier molecular flexibility index (Phi) is 5.98. The SMILES string of the molecule is COCCOCc1cccc(NC(=O)[C@H]2CCCN2)c1. The van der Waals surface area contributed by atoms with E-state index in [0.717, 1.165) is 30.6 Å². The second-order valence-electron chi connectivity index (χ2n) is 4.88. The average molecular weight is 278 g/mol. The fraction of sp³-hybridized carbons (Fsp3) is 0.533. The van der Waals surface area contributed by atoms with Crippen LogP contribution in [0, 0.1) is 0 Å². The van der Waals surface area contributed by atoms with Gasteiger partial charge in [0.1, 0.15) is 0 Å². The van der Waals surface area contributed by atoms with Gasteiger partial charge >= 0.3 is 0 Å². The fourth-order valence-corrected chi connectivity index (χ4v) is 2.21. The number of ether oxygens (including phenoxy) is 2. The summed E-state index contributed by atoms with van der Waals surface area (Å²) in [5.41, 5.74) is 1.86. The number of benzene rings is 1. The summed E-state index contributed by atoms with van der Waals surface area (Å²) in [7, 11) is 1.65. The van der Waals surface area contributed by atoms with Crippen LogP contribution in [0.3, 0.4) is 0 Å². The summed E-state index contributed by atoms with van der Waals surface area (Å²) in [5.74, 6) is 0.0416. The van der Waals surface area contributed by atoms with E-state index in [1.165, 1.54) is 0 Å². The van der Waals surface area contributed by atoms with Gasteiger partial charge in [-0.3, -0.25) is 4.79 Å². The molecule has 0 bridgehead atoms. The Morgan fingerprint density at radius 1 is 1.45 bits per heavy atom. The van der Waals surface area contributed by atoms with Crippen molar-refractivity contribution in [2.75, 3.05) is 32.2 Å². The third-order valence-corrected chi connectivity index (χ3v) is 3.27. The van der Waals surface area contributed by atoms with Crippen molar-refractivity contribution in [3.8, 4) is 0 Å². The average Bonchev–Trinajstić information content (AvgIpc) is 2.98. The lowest BCUT2D eigenvalue weighted by atomic mass is 10.2. The summed E-state index contributed by atoms with van der Waals surface area (Å²) < 4.78 is 10.4. The highest BCUT2D eigenvalue weighted by Gasteiger charge is 2.21. The molecule has 1 amide bonds. The highest BCUT2D eigenvalue weighted by atomic mass is 16.5. The standard InChI is InChI=1S/C15H22N2O3/c1-19-8-9-20-11-12-4-2-5-13(10-12)17-15(18)14-6-3-7-16-14/h2,4-5,10,14,16H,3,6-9,11H2,1H3,(H,17,18)/t14-/m1/s1. The minimum atomic E-state index is -0.0587. The normalized spacial score (nSPS) is 18.1. The lowest BCUT2D eigenvalue weighted by molar-refractivity contribution is -0.117. The van der Waals surface area contributed by atoms with Crippen molar-refractivity contribution >= 4 is 11.6 Å². The van der Waals surface area contributed by atoms with Gasteiger partial charge in [-0.15, -0.1) is 0 Å². The molecule has 0 saturated carbocycles. The number of methoxy groups -OCH3 is 1. The van der Waals surface area contributed by atoms with Crippen LogP contribution < -0.4 is 10.6 Å². The van der Waals surface area contributed by atoms with Crippen LogP contribution in [-0.2, 0) is 20.9 Å². The molecule has 1 aliphatic rings. The largest absolute Gasteiger partial charge is 0.382 e. The number of hydrogen-bond acceptors (Lipinski definition) is 4. The van der Waals surface area contributed by atoms with E-state index >= 15 is 0 Å². The molecule has 110 valence electrons. The molecular weight excluding hydrogens is 256 g/mol. The molecule has 2 N–H and O–H groups in total. The Balaban J connectivity index is 1.83. The number of carbonyl (C=O) groups excluding carboxylic acids is 1. The zero-order valence-corrected chi connectivity index (χ0v) is 11.9. The van der Waals surface area contributed by atoms with Crippen LogP contribution >= 0.6 is 0 Å². The summed E-state index contributed by atoms with van der Waals surface area (Å²) in [6, 6.07) is 7.69. The monoisotopic (exact) mass is 278 g/mol. The van der Waals surface area contributed by atoms with Gasteiger partial charge in [0.25, 0.3) is 0 Å². The van der Waals surface area contributed by atoms with Crippen molar-refractivity contribution in [3.63, 3.8) is 0 Å². The minimum Gasteiger partial charge on any atom is -0.382 e. The second kappa shape index (κ2) is 7.99. The van der Waals surface area contributed by atoms with E-state index in [-0.39, 0.29) is 11.9 Å². The van der Waals surface area contributed by atoms with Crippen molar-refractivity contribution in [1.29, 1.82) is 0 Å². The topological polar surface area (TPSA) is 59.6 Å². The highest BCUT2D eigenvalue weighted by molar-refractivity contribution is 5.95. The maximum Gasteiger partial charge on any atom is 0.241 e. The van der Waals surface area contributed by atoms with Crippen molar-refractivity contribution in [3.05, 3.63) is 29.8 Å². The molecule has 5 nitrogen and oxygen atoms in total. The molecule has 1 atom stereocenters. The Bertz CT molecular complexity index is 431. The Morgan fingerprint density at radius 3 is 3.10 bits per heavy atom. The van der Waals surface area contributed by atoms with Crippen LogP contribution in [0.2, 0.25) is 0 Å². The molecule has 0 aliphatic carbocycles. The summed E-state index contributed by atoms with van der Waals surface area (Å²) >= 11 is 0. The maximum absolute atomic E-state index is 12.0. The Hall–Kier alpha value is -1.43. The molecule has 1 heterocycles. The van der Waals surface area contributed by atoms with E-state index in [0.29, 0.717) is 19.8 Å². The third-order valence-electron chi connectivity index (χ3n) is 3.27. The summed E-state index contributed by atoms with van der Waals surface area (Å²) in [6.07, 6.45) is 1.97.